The van der Waals surface area contributed by atoms with Gasteiger partial charge in [0.15, 0.2) is 0 Å². The van der Waals surface area contributed by atoms with E-state index in [1.54, 1.807) is 0 Å². The SMILES string of the molecule is CCCCCOCCCCC1CNCCN1. The molecule has 0 aromatic heterocycles. The molecule has 0 amide bonds. The van der Waals surface area contributed by atoms with Crippen molar-refractivity contribution in [1.82, 2.24) is 10.6 Å². The Labute approximate surface area is 100 Å². The lowest BCUT2D eigenvalue weighted by atomic mass is 10.1. The molecule has 1 heterocycles. The molecule has 1 saturated heterocycles. The molecular formula is C13H28N2O. The number of ether oxygens (including phenoxy) is 1. The molecule has 1 atom stereocenters. The second kappa shape index (κ2) is 10.1. The summed E-state index contributed by atoms with van der Waals surface area (Å²) < 4.78 is 5.59. The van der Waals surface area contributed by atoms with E-state index in [1.165, 1.54) is 38.5 Å². The molecule has 1 aliphatic rings. The summed E-state index contributed by atoms with van der Waals surface area (Å²) in [6.45, 7) is 7.51. The first-order valence-corrected chi connectivity index (χ1v) is 6.95. The standard InChI is InChI=1S/C13H28N2O/c1-2-3-5-10-16-11-6-4-7-13-12-14-8-9-15-13/h13-15H,2-12H2,1H3. The predicted molar refractivity (Wildman–Crippen MR) is 68.9 cm³/mol. The summed E-state index contributed by atoms with van der Waals surface area (Å²) in [5.74, 6) is 0. The molecular weight excluding hydrogens is 200 g/mol. The topological polar surface area (TPSA) is 33.3 Å². The molecule has 2 N–H and O–H groups in total. The van der Waals surface area contributed by atoms with E-state index in [9.17, 15) is 0 Å². The molecule has 1 fully saturated rings. The van der Waals surface area contributed by atoms with Gasteiger partial charge in [-0.25, -0.2) is 0 Å². The molecule has 1 aliphatic heterocycles. The number of hydrogen-bond donors (Lipinski definition) is 2. The molecule has 0 saturated carbocycles. The van der Waals surface area contributed by atoms with Crippen LogP contribution in [0.1, 0.15) is 45.4 Å². The van der Waals surface area contributed by atoms with Gasteiger partial charge in [0.25, 0.3) is 0 Å². The Balaban J connectivity index is 1.77. The molecule has 16 heavy (non-hydrogen) atoms. The van der Waals surface area contributed by atoms with Crippen LogP contribution in [0.2, 0.25) is 0 Å². The van der Waals surface area contributed by atoms with Crippen molar-refractivity contribution in [2.24, 2.45) is 0 Å². The van der Waals surface area contributed by atoms with E-state index in [0.29, 0.717) is 6.04 Å². The first-order chi connectivity index (χ1) is 7.93. The molecule has 0 aliphatic carbocycles. The van der Waals surface area contributed by atoms with Crippen LogP contribution in [0.25, 0.3) is 0 Å². The average Bonchev–Trinajstić information content (AvgIpc) is 2.34. The highest BCUT2D eigenvalue weighted by molar-refractivity contribution is 4.74. The minimum atomic E-state index is 0.689. The number of hydrogen-bond acceptors (Lipinski definition) is 3. The Bertz CT molecular complexity index is 147. The van der Waals surface area contributed by atoms with Gasteiger partial charge in [-0.2, -0.15) is 0 Å². The minimum absolute atomic E-state index is 0.689. The summed E-state index contributed by atoms with van der Waals surface area (Å²) in [6, 6.07) is 0.689. The molecule has 96 valence electrons. The van der Waals surface area contributed by atoms with Crippen LogP contribution in [0.4, 0.5) is 0 Å². The number of piperazine rings is 1. The van der Waals surface area contributed by atoms with Gasteiger partial charge in [0.1, 0.15) is 0 Å². The van der Waals surface area contributed by atoms with E-state index in [-0.39, 0.29) is 0 Å². The second-order valence-electron chi connectivity index (χ2n) is 4.67. The molecule has 0 radical (unpaired) electrons. The van der Waals surface area contributed by atoms with Crippen LogP contribution >= 0.6 is 0 Å². The van der Waals surface area contributed by atoms with Crippen LogP contribution in [0.3, 0.4) is 0 Å². The van der Waals surface area contributed by atoms with Gasteiger partial charge < -0.3 is 15.4 Å². The van der Waals surface area contributed by atoms with E-state index >= 15 is 0 Å². The van der Waals surface area contributed by atoms with Crippen LogP contribution in [0, 0.1) is 0 Å². The zero-order chi connectivity index (χ0) is 11.5. The van der Waals surface area contributed by atoms with Gasteiger partial charge in [0.2, 0.25) is 0 Å². The van der Waals surface area contributed by atoms with Crippen LogP contribution in [-0.4, -0.2) is 38.9 Å². The van der Waals surface area contributed by atoms with Crippen LogP contribution in [0.5, 0.6) is 0 Å². The van der Waals surface area contributed by atoms with Gasteiger partial charge in [0.05, 0.1) is 0 Å². The molecule has 1 unspecified atom stereocenters. The quantitative estimate of drug-likeness (QED) is 0.592. The number of rotatable bonds is 9. The van der Waals surface area contributed by atoms with E-state index in [1.807, 2.05) is 0 Å². The van der Waals surface area contributed by atoms with Crippen molar-refractivity contribution in [2.45, 2.75) is 51.5 Å². The predicted octanol–water partition coefficient (Wildman–Crippen LogP) is 1.92. The first-order valence-electron chi connectivity index (χ1n) is 6.95. The normalized spacial score (nSPS) is 21.2. The van der Waals surface area contributed by atoms with Gasteiger partial charge in [0, 0.05) is 38.9 Å². The van der Waals surface area contributed by atoms with Crippen molar-refractivity contribution >= 4 is 0 Å². The highest BCUT2D eigenvalue weighted by atomic mass is 16.5. The maximum atomic E-state index is 5.59. The molecule has 0 bridgehead atoms. The lowest BCUT2D eigenvalue weighted by Gasteiger charge is -2.24. The summed E-state index contributed by atoms with van der Waals surface area (Å²) in [6.07, 6.45) is 7.59. The van der Waals surface area contributed by atoms with Gasteiger partial charge in [-0.3, -0.25) is 0 Å². The van der Waals surface area contributed by atoms with E-state index in [2.05, 4.69) is 17.6 Å². The lowest BCUT2D eigenvalue weighted by molar-refractivity contribution is 0.125. The van der Waals surface area contributed by atoms with Crippen molar-refractivity contribution in [3.8, 4) is 0 Å². The number of unbranched alkanes of at least 4 members (excludes halogenated alkanes) is 3. The van der Waals surface area contributed by atoms with Crippen molar-refractivity contribution in [3.05, 3.63) is 0 Å². The molecule has 0 aromatic carbocycles. The summed E-state index contributed by atoms with van der Waals surface area (Å²) in [5.41, 5.74) is 0. The largest absolute Gasteiger partial charge is 0.381 e. The van der Waals surface area contributed by atoms with Gasteiger partial charge in [-0.1, -0.05) is 19.8 Å². The first kappa shape index (κ1) is 13.9. The van der Waals surface area contributed by atoms with Crippen LogP contribution < -0.4 is 10.6 Å². The van der Waals surface area contributed by atoms with Crippen molar-refractivity contribution in [1.29, 1.82) is 0 Å². The lowest BCUT2D eigenvalue weighted by Crippen LogP contribution is -2.48. The van der Waals surface area contributed by atoms with Crippen LogP contribution in [0.15, 0.2) is 0 Å². The summed E-state index contributed by atoms with van der Waals surface area (Å²) in [7, 11) is 0. The Hall–Kier alpha value is -0.120. The fourth-order valence-electron chi connectivity index (χ4n) is 2.07. The van der Waals surface area contributed by atoms with Crippen LogP contribution in [-0.2, 0) is 4.74 Å². The van der Waals surface area contributed by atoms with Crippen molar-refractivity contribution in [2.75, 3.05) is 32.8 Å². The summed E-state index contributed by atoms with van der Waals surface area (Å²) in [5, 5.41) is 6.95. The fourth-order valence-corrected chi connectivity index (χ4v) is 2.07. The van der Waals surface area contributed by atoms with E-state index in [0.717, 1.165) is 32.8 Å². The molecule has 3 nitrogen and oxygen atoms in total. The van der Waals surface area contributed by atoms with Crippen molar-refractivity contribution in [3.63, 3.8) is 0 Å². The van der Waals surface area contributed by atoms with E-state index in [4.69, 9.17) is 4.74 Å². The smallest absolute Gasteiger partial charge is 0.0466 e. The Morgan fingerprint density at radius 3 is 2.56 bits per heavy atom. The molecule has 0 aromatic rings. The van der Waals surface area contributed by atoms with Gasteiger partial charge in [-0.15, -0.1) is 0 Å². The molecule has 3 heteroatoms. The maximum Gasteiger partial charge on any atom is 0.0466 e. The third kappa shape index (κ3) is 7.20. The zero-order valence-electron chi connectivity index (χ0n) is 10.8. The Morgan fingerprint density at radius 1 is 1.06 bits per heavy atom. The highest BCUT2D eigenvalue weighted by Gasteiger charge is 2.10. The summed E-state index contributed by atoms with van der Waals surface area (Å²) in [4.78, 5) is 0. The maximum absolute atomic E-state index is 5.59. The molecule has 1 rings (SSSR count). The summed E-state index contributed by atoms with van der Waals surface area (Å²) >= 11 is 0. The Morgan fingerprint density at radius 2 is 1.88 bits per heavy atom. The monoisotopic (exact) mass is 228 g/mol. The Kier molecular flexibility index (Phi) is 8.77. The fraction of sp³-hybridized carbons (Fsp3) is 1.00. The van der Waals surface area contributed by atoms with Crippen molar-refractivity contribution < 1.29 is 4.74 Å². The number of nitrogens with one attached hydrogen (secondary N) is 2. The average molecular weight is 228 g/mol. The van der Waals surface area contributed by atoms with Gasteiger partial charge in [-0.05, 0) is 25.7 Å². The van der Waals surface area contributed by atoms with E-state index < -0.39 is 0 Å². The molecule has 0 spiro atoms. The second-order valence-corrected chi connectivity index (χ2v) is 4.67. The minimum Gasteiger partial charge on any atom is -0.381 e. The third-order valence-corrected chi connectivity index (χ3v) is 3.11. The third-order valence-electron chi connectivity index (χ3n) is 3.11. The zero-order valence-corrected chi connectivity index (χ0v) is 10.8. The van der Waals surface area contributed by atoms with Gasteiger partial charge >= 0.3 is 0 Å². The highest BCUT2D eigenvalue weighted by Crippen LogP contribution is 2.03.